The third-order valence-corrected chi connectivity index (χ3v) is 2.96. The summed E-state index contributed by atoms with van der Waals surface area (Å²) in [6.45, 7) is 7.64. The van der Waals surface area contributed by atoms with Crippen molar-refractivity contribution in [1.29, 1.82) is 0 Å². The molecule has 0 radical (unpaired) electrons. The van der Waals surface area contributed by atoms with Crippen LogP contribution >= 0.6 is 0 Å². The lowest BCUT2D eigenvalue weighted by molar-refractivity contribution is 0.169. The summed E-state index contributed by atoms with van der Waals surface area (Å²) in [5.74, 6) is 0.847. The average Bonchev–Trinajstić information content (AvgIpc) is 2.06. The molecular weight excluding hydrogens is 174 g/mol. The van der Waals surface area contributed by atoms with E-state index in [0.29, 0.717) is 12.1 Å². The zero-order valence-electron chi connectivity index (χ0n) is 9.58. The van der Waals surface area contributed by atoms with Gasteiger partial charge in [-0.05, 0) is 52.1 Å². The van der Waals surface area contributed by atoms with Gasteiger partial charge in [-0.1, -0.05) is 0 Å². The van der Waals surface area contributed by atoms with Crippen LogP contribution < -0.4 is 11.5 Å². The zero-order chi connectivity index (χ0) is 10.6. The first-order chi connectivity index (χ1) is 6.58. The highest BCUT2D eigenvalue weighted by Gasteiger charge is 2.20. The molecule has 2 unspecified atom stereocenters. The third kappa shape index (κ3) is 4.40. The minimum atomic E-state index is 0.306. The van der Waals surface area contributed by atoms with E-state index in [4.69, 9.17) is 11.5 Å². The zero-order valence-corrected chi connectivity index (χ0v) is 9.58. The number of nitrogens with two attached hydrogens (primary N) is 2. The van der Waals surface area contributed by atoms with E-state index in [-0.39, 0.29) is 0 Å². The van der Waals surface area contributed by atoms with Crippen LogP contribution in [0.3, 0.4) is 0 Å². The minimum absolute atomic E-state index is 0.306. The van der Waals surface area contributed by atoms with Gasteiger partial charge in [0.2, 0.25) is 0 Å². The van der Waals surface area contributed by atoms with E-state index in [1.54, 1.807) is 0 Å². The second-order valence-electron chi connectivity index (χ2n) is 4.93. The maximum Gasteiger partial charge on any atom is 0.0139 e. The van der Waals surface area contributed by atoms with Crippen LogP contribution in [0.1, 0.15) is 33.1 Å². The summed E-state index contributed by atoms with van der Waals surface area (Å²) in [7, 11) is 0. The van der Waals surface area contributed by atoms with Crippen LogP contribution in [0.5, 0.6) is 0 Å². The van der Waals surface area contributed by atoms with E-state index < -0.39 is 0 Å². The lowest BCUT2D eigenvalue weighted by Gasteiger charge is -2.33. The molecule has 4 N–H and O–H groups in total. The molecule has 0 aliphatic carbocycles. The van der Waals surface area contributed by atoms with Crippen molar-refractivity contribution in [3.8, 4) is 0 Å². The average molecular weight is 199 g/mol. The molecule has 0 spiro atoms. The molecule has 0 amide bonds. The van der Waals surface area contributed by atoms with Gasteiger partial charge in [-0.3, -0.25) is 0 Å². The molecule has 1 rings (SSSR count). The van der Waals surface area contributed by atoms with Crippen molar-refractivity contribution in [3.63, 3.8) is 0 Å². The molecule has 0 aromatic rings. The van der Waals surface area contributed by atoms with Crippen molar-refractivity contribution >= 4 is 0 Å². The number of hydrogen-bond donors (Lipinski definition) is 2. The summed E-state index contributed by atoms with van der Waals surface area (Å²) in [6.07, 6.45) is 3.79. The molecule has 14 heavy (non-hydrogen) atoms. The smallest absolute Gasteiger partial charge is 0.0139 e. The van der Waals surface area contributed by atoms with Crippen molar-refractivity contribution in [2.45, 2.75) is 45.2 Å². The number of likely N-dealkylation sites (tertiary alicyclic amines) is 1. The van der Waals surface area contributed by atoms with E-state index in [1.807, 2.05) is 0 Å². The molecule has 1 saturated heterocycles. The van der Waals surface area contributed by atoms with Gasteiger partial charge < -0.3 is 16.4 Å². The van der Waals surface area contributed by atoms with Gasteiger partial charge in [0.25, 0.3) is 0 Å². The molecule has 1 fully saturated rings. The summed E-state index contributed by atoms with van der Waals surface area (Å²) in [5, 5.41) is 0. The highest BCUT2D eigenvalue weighted by Crippen LogP contribution is 2.21. The first-order valence-electron chi connectivity index (χ1n) is 5.81. The predicted octanol–water partition coefficient (Wildman–Crippen LogP) is 0.783. The molecule has 0 aromatic carbocycles. The normalized spacial score (nSPS) is 24.9. The largest absolute Gasteiger partial charge is 0.328 e. The fourth-order valence-corrected chi connectivity index (χ4v) is 2.34. The third-order valence-electron chi connectivity index (χ3n) is 2.96. The van der Waals surface area contributed by atoms with Gasteiger partial charge in [0.15, 0.2) is 0 Å². The maximum absolute atomic E-state index is 5.81. The van der Waals surface area contributed by atoms with Crippen LogP contribution in [0.2, 0.25) is 0 Å². The fourth-order valence-electron chi connectivity index (χ4n) is 2.34. The van der Waals surface area contributed by atoms with E-state index in [2.05, 4.69) is 18.7 Å². The summed E-state index contributed by atoms with van der Waals surface area (Å²) in [5.41, 5.74) is 11.6. The molecule has 3 nitrogen and oxygen atoms in total. The first kappa shape index (κ1) is 12.0. The molecule has 0 saturated carbocycles. The van der Waals surface area contributed by atoms with Gasteiger partial charge in [-0.15, -0.1) is 0 Å². The molecule has 1 aliphatic heterocycles. The van der Waals surface area contributed by atoms with Gasteiger partial charge >= 0.3 is 0 Å². The van der Waals surface area contributed by atoms with Gasteiger partial charge in [-0.25, -0.2) is 0 Å². The number of piperidine rings is 1. The second kappa shape index (κ2) is 5.69. The van der Waals surface area contributed by atoms with Crippen LogP contribution in [-0.2, 0) is 0 Å². The van der Waals surface area contributed by atoms with E-state index in [9.17, 15) is 0 Å². The Morgan fingerprint density at radius 1 is 1.14 bits per heavy atom. The lowest BCUT2D eigenvalue weighted by Crippen LogP contribution is -2.41. The Morgan fingerprint density at radius 2 is 1.71 bits per heavy atom. The van der Waals surface area contributed by atoms with Crippen molar-refractivity contribution < 1.29 is 0 Å². The van der Waals surface area contributed by atoms with Crippen molar-refractivity contribution in [2.24, 2.45) is 17.4 Å². The monoisotopic (exact) mass is 199 g/mol. The highest BCUT2D eigenvalue weighted by molar-refractivity contribution is 4.76. The number of nitrogens with zero attached hydrogens (tertiary/aromatic N) is 1. The molecule has 1 heterocycles. The van der Waals surface area contributed by atoms with Crippen molar-refractivity contribution in [1.82, 2.24) is 4.90 Å². The topological polar surface area (TPSA) is 55.3 Å². The van der Waals surface area contributed by atoms with Gasteiger partial charge in [0, 0.05) is 18.6 Å². The minimum Gasteiger partial charge on any atom is -0.328 e. The predicted molar refractivity (Wildman–Crippen MR) is 61.1 cm³/mol. The number of hydrogen-bond acceptors (Lipinski definition) is 3. The summed E-state index contributed by atoms with van der Waals surface area (Å²) < 4.78 is 0. The Kier molecular flexibility index (Phi) is 4.85. The Bertz CT molecular complexity index is 131. The molecule has 2 atom stereocenters. The summed E-state index contributed by atoms with van der Waals surface area (Å²) >= 11 is 0. The summed E-state index contributed by atoms with van der Waals surface area (Å²) in [6, 6.07) is 0.667. The van der Waals surface area contributed by atoms with Gasteiger partial charge in [0.05, 0.1) is 0 Å². The Labute approximate surface area is 87.8 Å². The van der Waals surface area contributed by atoms with Crippen molar-refractivity contribution in [3.05, 3.63) is 0 Å². The molecule has 84 valence electrons. The molecule has 3 heteroatoms. The molecule has 0 bridgehead atoms. The highest BCUT2D eigenvalue weighted by atomic mass is 15.1. The quantitative estimate of drug-likeness (QED) is 0.703. The van der Waals surface area contributed by atoms with Crippen molar-refractivity contribution in [2.75, 3.05) is 19.6 Å². The SMILES string of the molecule is CC(N)CC1CCN(CC(C)N)CC1. The van der Waals surface area contributed by atoms with Crippen LogP contribution in [0.25, 0.3) is 0 Å². The summed E-state index contributed by atoms with van der Waals surface area (Å²) in [4.78, 5) is 2.47. The first-order valence-corrected chi connectivity index (χ1v) is 5.81. The van der Waals surface area contributed by atoms with Gasteiger partial charge in [0.1, 0.15) is 0 Å². The van der Waals surface area contributed by atoms with E-state index >= 15 is 0 Å². The molecule has 1 aliphatic rings. The van der Waals surface area contributed by atoms with Crippen LogP contribution in [0, 0.1) is 5.92 Å². The van der Waals surface area contributed by atoms with Crippen LogP contribution in [-0.4, -0.2) is 36.6 Å². The Hall–Kier alpha value is -0.120. The van der Waals surface area contributed by atoms with Crippen LogP contribution in [0.15, 0.2) is 0 Å². The maximum atomic E-state index is 5.81. The van der Waals surface area contributed by atoms with E-state index in [0.717, 1.165) is 12.5 Å². The molecule has 0 aromatic heterocycles. The number of rotatable bonds is 4. The van der Waals surface area contributed by atoms with Gasteiger partial charge in [-0.2, -0.15) is 0 Å². The Balaban J connectivity index is 2.17. The Morgan fingerprint density at radius 3 is 2.14 bits per heavy atom. The molecular formula is C11H25N3. The van der Waals surface area contributed by atoms with E-state index in [1.165, 1.54) is 32.4 Å². The lowest BCUT2D eigenvalue weighted by atomic mass is 9.91. The second-order valence-corrected chi connectivity index (χ2v) is 4.93. The standard InChI is InChI=1S/C11H25N3/c1-9(12)7-11-3-5-14(6-4-11)8-10(2)13/h9-11H,3-8,12-13H2,1-2H3. The van der Waals surface area contributed by atoms with Crippen LogP contribution in [0.4, 0.5) is 0 Å². The fraction of sp³-hybridized carbons (Fsp3) is 1.00.